The average molecular weight is 217 g/mol. The van der Waals surface area contributed by atoms with Crippen LogP contribution in [0.15, 0.2) is 6.07 Å². The van der Waals surface area contributed by atoms with Crippen molar-refractivity contribution in [3.63, 3.8) is 0 Å². The minimum Gasteiger partial charge on any atom is -0.325 e. The van der Waals surface area contributed by atoms with Crippen LogP contribution in [-0.2, 0) is 6.54 Å². The van der Waals surface area contributed by atoms with Crippen LogP contribution in [0.3, 0.4) is 0 Å². The van der Waals surface area contributed by atoms with Crippen LogP contribution in [0.4, 0.5) is 14.5 Å². The highest BCUT2D eigenvalue weighted by Crippen LogP contribution is 2.31. The fourth-order valence-corrected chi connectivity index (χ4v) is 1.25. The lowest BCUT2D eigenvalue weighted by Crippen LogP contribution is -2.07. The molecule has 0 saturated heterocycles. The second-order valence-corrected chi connectivity index (χ2v) is 2.89. The van der Waals surface area contributed by atoms with E-state index in [9.17, 15) is 18.9 Å². The summed E-state index contributed by atoms with van der Waals surface area (Å²) >= 11 is 0. The molecule has 0 aliphatic carbocycles. The Morgan fingerprint density at radius 3 is 2.67 bits per heavy atom. The lowest BCUT2D eigenvalue weighted by atomic mass is 10.1. The molecule has 2 N–H and O–H groups in total. The first-order valence-electron chi connectivity index (χ1n) is 4.10. The number of aryl methyl sites for hydroxylation is 1. The first kappa shape index (κ1) is 11.4. The number of alkyl halides is 2. The zero-order valence-corrected chi connectivity index (χ0v) is 7.91. The molecule has 7 heteroatoms. The number of halogens is 2. The molecule has 0 aromatic carbocycles. The molecule has 0 unspecified atom stereocenters. The van der Waals surface area contributed by atoms with E-state index in [4.69, 9.17) is 5.73 Å². The van der Waals surface area contributed by atoms with Gasteiger partial charge in [-0.3, -0.25) is 15.1 Å². The number of nitrogens with zero attached hydrogens (tertiary/aromatic N) is 2. The van der Waals surface area contributed by atoms with E-state index in [1.807, 2.05) is 0 Å². The fourth-order valence-electron chi connectivity index (χ4n) is 1.25. The Morgan fingerprint density at radius 2 is 2.27 bits per heavy atom. The largest absolute Gasteiger partial charge is 0.325 e. The van der Waals surface area contributed by atoms with Gasteiger partial charge in [0.05, 0.1) is 16.3 Å². The lowest BCUT2D eigenvalue weighted by Gasteiger charge is -2.06. The van der Waals surface area contributed by atoms with E-state index in [1.165, 1.54) is 6.92 Å². The fraction of sp³-hybridized carbons (Fsp3) is 0.375. The maximum Gasteiger partial charge on any atom is 0.282 e. The smallest absolute Gasteiger partial charge is 0.282 e. The Hall–Kier alpha value is -1.63. The van der Waals surface area contributed by atoms with E-state index >= 15 is 0 Å². The van der Waals surface area contributed by atoms with Crippen molar-refractivity contribution >= 4 is 5.69 Å². The second-order valence-electron chi connectivity index (χ2n) is 2.89. The molecule has 82 valence electrons. The highest BCUT2D eigenvalue weighted by atomic mass is 19.3. The maximum atomic E-state index is 12.5. The van der Waals surface area contributed by atoms with E-state index in [2.05, 4.69) is 4.98 Å². The summed E-state index contributed by atoms with van der Waals surface area (Å²) in [5.74, 6) is 0. The predicted octanol–water partition coefficient (Wildman–Crippen LogP) is 1.69. The van der Waals surface area contributed by atoms with E-state index in [0.29, 0.717) is 0 Å². The van der Waals surface area contributed by atoms with Crippen molar-refractivity contribution in [1.29, 1.82) is 0 Å². The third-order valence-corrected chi connectivity index (χ3v) is 1.90. The van der Waals surface area contributed by atoms with Gasteiger partial charge in [-0.05, 0) is 6.92 Å². The number of hydrogen-bond donors (Lipinski definition) is 1. The number of pyridine rings is 1. The van der Waals surface area contributed by atoms with Crippen molar-refractivity contribution in [1.82, 2.24) is 4.98 Å². The van der Waals surface area contributed by atoms with Crippen molar-refractivity contribution in [2.45, 2.75) is 19.9 Å². The summed E-state index contributed by atoms with van der Waals surface area (Å²) in [4.78, 5) is 13.4. The zero-order valence-electron chi connectivity index (χ0n) is 7.91. The molecule has 0 aliphatic heterocycles. The minimum atomic E-state index is -2.91. The summed E-state index contributed by atoms with van der Waals surface area (Å²) in [6.07, 6.45) is -2.91. The molecule has 0 atom stereocenters. The van der Waals surface area contributed by atoms with Gasteiger partial charge in [0, 0.05) is 12.6 Å². The van der Waals surface area contributed by atoms with Crippen LogP contribution < -0.4 is 5.73 Å². The molecule has 15 heavy (non-hydrogen) atoms. The van der Waals surface area contributed by atoms with Crippen molar-refractivity contribution in [2.24, 2.45) is 5.73 Å². The number of rotatable bonds is 3. The third-order valence-electron chi connectivity index (χ3n) is 1.90. The number of hydrogen-bond acceptors (Lipinski definition) is 4. The van der Waals surface area contributed by atoms with Crippen molar-refractivity contribution in [2.75, 3.05) is 0 Å². The van der Waals surface area contributed by atoms with Crippen LogP contribution in [0.25, 0.3) is 0 Å². The van der Waals surface area contributed by atoms with Crippen molar-refractivity contribution in [3.05, 3.63) is 33.1 Å². The molecule has 0 radical (unpaired) electrons. The second kappa shape index (κ2) is 4.26. The molecule has 1 aromatic rings. The molecule has 0 bridgehead atoms. The van der Waals surface area contributed by atoms with Crippen LogP contribution in [-0.4, -0.2) is 9.91 Å². The Balaban J connectivity index is 3.42. The van der Waals surface area contributed by atoms with Crippen LogP contribution >= 0.6 is 0 Å². The third kappa shape index (κ3) is 2.24. The highest BCUT2D eigenvalue weighted by Gasteiger charge is 2.25. The number of aromatic nitrogens is 1. The molecule has 0 fully saturated rings. The summed E-state index contributed by atoms with van der Waals surface area (Å²) in [5, 5.41) is 10.6. The van der Waals surface area contributed by atoms with Crippen LogP contribution in [0.1, 0.15) is 23.4 Å². The molecular weight excluding hydrogens is 208 g/mol. The molecule has 0 saturated carbocycles. The first-order valence-corrected chi connectivity index (χ1v) is 4.10. The van der Waals surface area contributed by atoms with Crippen LogP contribution in [0.5, 0.6) is 0 Å². The molecule has 0 spiro atoms. The molecular formula is C8H9F2N3O2. The van der Waals surface area contributed by atoms with Crippen LogP contribution in [0, 0.1) is 17.0 Å². The van der Waals surface area contributed by atoms with Gasteiger partial charge >= 0.3 is 0 Å². The molecule has 1 heterocycles. The predicted molar refractivity (Wildman–Crippen MR) is 48.5 cm³/mol. The normalized spacial score (nSPS) is 10.7. The summed E-state index contributed by atoms with van der Waals surface area (Å²) in [7, 11) is 0. The minimum absolute atomic E-state index is 0.0226. The molecule has 0 aliphatic rings. The molecule has 5 nitrogen and oxygen atoms in total. The number of nitro groups is 1. The average Bonchev–Trinajstić information content (AvgIpc) is 2.15. The van der Waals surface area contributed by atoms with Gasteiger partial charge in [-0.15, -0.1) is 0 Å². The maximum absolute atomic E-state index is 12.5. The summed E-state index contributed by atoms with van der Waals surface area (Å²) in [5.41, 5.74) is 4.14. The van der Waals surface area contributed by atoms with Gasteiger partial charge in [-0.25, -0.2) is 8.78 Å². The van der Waals surface area contributed by atoms with Crippen LogP contribution in [0.2, 0.25) is 0 Å². The molecule has 0 amide bonds. The highest BCUT2D eigenvalue weighted by molar-refractivity contribution is 5.44. The zero-order chi connectivity index (χ0) is 11.6. The standard InChI is InChI=1S/C8H9F2N3O2/c1-4-7(8(9)10)6(13(14)15)2-5(3-11)12-4/h2,8H,3,11H2,1H3. The van der Waals surface area contributed by atoms with Gasteiger partial charge in [0.2, 0.25) is 0 Å². The Bertz CT molecular complexity index is 396. The van der Waals surface area contributed by atoms with Crippen molar-refractivity contribution < 1.29 is 13.7 Å². The van der Waals surface area contributed by atoms with Crippen molar-refractivity contribution in [3.8, 4) is 0 Å². The van der Waals surface area contributed by atoms with E-state index in [0.717, 1.165) is 6.07 Å². The lowest BCUT2D eigenvalue weighted by molar-refractivity contribution is -0.386. The molecule has 1 rings (SSSR count). The van der Waals surface area contributed by atoms with Gasteiger partial charge < -0.3 is 5.73 Å². The SMILES string of the molecule is Cc1nc(CN)cc([N+](=O)[O-])c1C(F)F. The summed E-state index contributed by atoms with van der Waals surface area (Å²) < 4.78 is 25.0. The van der Waals surface area contributed by atoms with E-state index in [-0.39, 0.29) is 17.9 Å². The van der Waals surface area contributed by atoms with Gasteiger partial charge in [0.15, 0.2) is 0 Å². The number of nitrogens with two attached hydrogens (primary N) is 1. The van der Waals surface area contributed by atoms with Gasteiger partial charge in [-0.1, -0.05) is 0 Å². The Morgan fingerprint density at radius 1 is 1.67 bits per heavy atom. The van der Waals surface area contributed by atoms with E-state index in [1.54, 1.807) is 0 Å². The van der Waals surface area contributed by atoms with Gasteiger partial charge in [-0.2, -0.15) is 0 Å². The quantitative estimate of drug-likeness (QED) is 0.617. The first-order chi connectivity index (χ1) is 6.97. The Kier molecular flexibility index (Phi) is 3.25. The molecule has 1 aromatic heterocycles. The van der Waals surface area contributed by atoms with Gasteiger partial charge in [0.1, 0.15) is 5.56 Å². The summed E-state index contributed by atoms with van der Waals surface area (Å²) in [6.45, 7) is 1.28. The Labute approximate surface area is 84.1 Å². The topological polar surface area (TPSA) is 82.0 Å². The van der Waals surface area contributed by atoms with E-state index < -0.39 is 22.6 Å². The summed E-state index contributed by atoms with van der Waals surface area (Å²) in [6, 6.07) is 0.981. The van der Waals surface area contributed by atoms with Gasteiger partial charge in [0.25, 0.3) is 12.1 Å². The monoisotopic (exact) mass is 217 g/mol.